The summed E-state index contributed by atoms with van der Waals surface area (Å²) in [7, 11) is 0. The number of fused-ring (bicyclic) bond motifs is 1. The highest BCUT2D eigenvalue weighted by atomic mass is 16.2. The van der Waals surface area contributed by atoms with E-state index in [1.165, 1.54) is 4.90 Å². The van der Waals surface area contributed by atoms with Crippen molar-refractivity contribution in [1.82, 2.24) is 25.0 Å². The Hall–Kier alpha value is -3.36. The molecule has 2 aromatic heterocycles. The Balaban J connectivity index is 1.43. The van der Waals surface area contributed by atoms with E-state index >= 15 is 0 Å². The van der Waals surface area contributed by atoms with Crippen molar-refractivity contribution in [3.05, 3.63) is 56.8 Å². The Morgan fingerprint density at radius 1 is 1.00 bits per heavy atom. The molecule has 0 bridgehead atoms. The van der Waals surface area contributed by atoms with Gasteiger partial charge < -0.3 is 9.80 Å². The van der Waals surface area contributed by atoms with Crippen LogP contribution in [0, 0.1) is 5.41 Å². The second-order valence-electron chi connectivity index (χ2n) is 10.1. The fourth-order valence-electron chi connectivity index (χ4n) is 4.51. The van der Waals surface area contributed by atoms with E-state index in [0.29, 0.717) is 38.3 Å². The average Bonchev–Trinajstić information content (AvgIpc) is 2.84. The van der Waals surface area contributed by atoms with E-state index in [1.54, 1.807) is 37.9 Å². The zero-order valence-corrected chi connectivity index (χ0v) is 20.0. The third-order valence-corrected chi connectivity index (χ3v) is 6.53. The third kappa shape index (κ3) is 4.93. The molecule has 180 valence electrons. The van der Waals surface area contributed by atoms with Gasteiger partial charge in [-0.2, -0.15) is 5.10 Å². The predicted molar refractivity (Wildman–Crippen MR) is 125 cm³/mol. The van der Waals surface area contributed by atoms with Crippen molar-refractivity contribution < 1.29 is 14.4 Å². The van der Waals surface area contributed by atoms with Gasteiger partial charge in [0.05, 0.1) is 5.69 Å². The number of hydrogen-bond donors (Lipinski definition) is 1. The highest BCUT2D eigenvalue weighted by Gasteiger charge is 2.34. The van der Waals surface area contributed by atoms with Crippen molar-refractivity contribution in [2.45, 2.75) is 52.9 Å². The molecule has 0 saturated carbocycles. The van der Waals surface area contributed by atoms with Gasteiger partial charge >= 0.3 is 0 Å². The molecule has 34 heavy (non-hydrogen) atoms. The Bertz CT molecular complexity index is 1170. The molecule has 0 radical (unpaired) electrons. The van der Waals surface area contributed by atoms with Gasteiger partial charge in [0, 0.05) is 49.8 Å². The number of amides is 2. The third-order valence-electron chi connectivity index (χ3n) is 6.53. The molecule has 0 unspecified atom stereocenters. The van der Waals surface area contributed by atoms with Crippen LogP contribution in [-0.2, 0) is 28.9 Å². The maximum Gasteiger partial charge on any atom is 0.290 e. The highest BCUT2D eigenvalue weighted by molar-refractivity contribution is 6.37. The van der Waals surface area contributed by atoms with E-state index in [1.807, 2.05) is 6.07 Å². The minimum absolute atomic E-state index is 0.106. The van der Waals surface area contributed by atoms with Crippen LogP contribution in [0.1, 0.15) is 66.5 Å². The molecule has 0 spiro atoms. The van der Waals surface area contributed by atoms with Gasteiger partial charge in [-0.1, -0.05) is 20.8 Å². The topological polar surface area (TPSA) is 116 Å². The second kappa shape index (κ2) is 9.48. The van der Waals surface area contributed by atoms with E-state index in [2.05, 4.69) is 15.2 Å². The molecule has 1 N–H and O–H groups in total. The minimum Gasteiger partial charge on any atom is -0.334 e. The Morgan fingerprint density at radius 3 is 2.32 bits per heavy atom. The molecule has 1 saturated heterocycles. The zero-order chi connectivity index (χ0) is 24.5. The number of rotatable bonds is 4. The number of piperazine rings is 1. The van der Waals surface area contributed by atoms with Crippen LogP contribution in [0.4, 0.5) is 0 Å². The summed E-state index contributed by atoms with van der Waals surface area (Å²) in [6, 6.07) is 3.62. The van der Waals surface area contributed by atoms with Gasteiger partial charge in [0.15, 0.2) is 0 Å². The molecule has 0 atom stereocenters. The van der Waals surface area contributed by atoms with Crippen molar-refractivity contribution >= 4 is 17.6 Å². The molecular weight excluding hydrogens is 434 g/mol. The zero-order valence-electron chi connectivity index (χ0n) is 20.0. The normalized spacial score (nSPS) is 16.2. The maximum absolute atomic E-state index is 13.1. The molecule has 1 aliphatic carbocycles. The van der Waals surface area contributed by atoms with E-state index in [-0.39, 0.29) is 11.5 Å². The summed E-state index contributed by atoms with van der Waals surface area (Å²) in [5, 5.41) is 6.90. The van der Waals surface area contributed by atoms with E-state index < -0.39 is 17.1 Å². The molecule has 2 aliphatic rings. The van der Waals surface area contributed by atoms with Gasteiger partial charge in [0.1, 0.15) is 5.69 Å². The summed E-state index contributed by atoms with van der Waals surface area (Å²) in [5.74, 6) is -1.11. The number of H-pyrrole nitrogens is 1. The number of carbonyl (C=O) groups excluding carboxylic acids is 3. The van der Waals surface area contributed by atoms with Gasteiger partial charge in [-0.05, 0) is 48.9 Å². The largest absolute Gasteiger partial charge is 0.334 e. The van der Waals surface area contributed by atoms with Gasteiger partial charge in [-0.15, -0.1) is 0 Å². The Kier molecular flexibility index (Phi) is 6.63. The number of nitrogens with one attached hydrogen (secondary N) is 1. The summed E-state index contributed by atoms with van der Waals surface area (Å²) in [6.07, 6.45) is 5.80. The predicted octanol–water partition coefficient (Wildman–Crippen LogP) is 1.53. The summed E-state index contributed by atoms with van der Waals surface area (Å²) in [5.41, 5.74) is 3.11. The van der Waals surface area contributed by atoms with Crippen molar-refractivity contribution in [3.63, 3.8) is 0 Å². The standard InChI is InChI=1S/C25H31N5O4/c1-25(2,3)21(31)24(34)30-12-10-29(11-13-30)23(33)20-15-16(8-9-26-20)14-19-17-6-4-5-7-18(17)22(32)28-27-19/h8-9,15H,4-7,10-14H2,1-3H3,(H,28,32). The summed E-state index contributed by atoms with van der Waals surface area (Å²) in [6.45, 7) is 6.52. The minimum atomic E-state index is -0.728. The molecular formula is C25H31N5O4. The molecule has 9 heteroatoms. The number of pyridine rings is 1. The van der Waals surface area contributed by atoms with Crippen molar-refractivity contribution in [1.29, 1.82) is 0 Å². The maximum atomic E-state index is 13.1. The lowest BCUT2D eigenvalue weighted by Gasteiger charge is -2.35. The van der Waals surface area contributed by atoms with Crippen LogP contribution < -0.4 is 5.56 Å². The van der Waals surface area contributed by atoms with Gasteiger partial charge in [-0.25, -0.2) is 5.10 Å². The van der Waals surface area contributed by atoms with Gasteiger partial charge in [-0.3, -0.25) is 24.2 Å². The van der Waals surface area contributed by atoms with E-state index in [0.717, 1.165) is 48.1 Å². The van der Waals surface area contributed by atoms with Crippen molar-refractivity contribution in [2.24, 2.45) is 5.41 Å². The first-order valence-electron chi connectivity index (χ1n) is 11.8. The molecule has 1 fully saturated rings. The van der Waals surface area contributed by atoms with Crippen LogP contribution in [0.2, 0.25) is 0 Å². The van der Waals surface area contributed by atoms with E-state index in [4.69, 9.17) is 0 Å². The van der Waals surface area contributed by atoms with E-state index in [9.17, 15) is 19.2 Å². The highest BCUT2D eigenvalue weighted by Crippen LogP contribution is 2.22. The summed E-state index contributed by atoms with van der Waals surface area (Å²) < 4.78 is 0. The van der Waals surface area contributed by atoms with Gasteiger partial charge in [0.2, 0.25) is 5.78 Å². The Morgan fingerprint density at radius 2 is 1.65 bits per heavy atom. The van der Waals surface area contributed by atoms with Crippen LogP contribution in [-0.4, -0.2) is 68.8 Å². The molecule has 4 rings (SSSR count). The first-order valence-corrected chi connectivity index (χ1v) is 11.8. The first-order chi connectivity index (χ1) is 16.1. The molecule has 9 nitrogen and oxygen atoms in total. The van der Waals surface area contributed by atoms with Crippen LogP contribution >= 0.6 is 0 Å². The van der Waals surface area contributed by atoms with Crippen LogP contribution in [0.3, 0.4) is 0 Å². The number of nitrogens with zero attached hydrogens (tertiary/aromatic N) is 4. The van der Waals surface area contributed by atoms with Crippen molar-refractivity contribution in [2.75, 3.05) is 26.2 Å². The number of hydrogen-bond acceptors (Lipinski definition) is 6. The number of aromatic amines is 1. The number of aromatic nitrogens is 3. The summed E-state index contributed by atoms with van der Waals surface area (Å²) >= 11 is 0. The number of ketones is 1. The average molecular weight is 466 g/mol. The molecule has 3 heterocycles. The lowest BCUT2D eigenvalue weighted by atomic mass is 9.90. The van der Waals surface area contributed by atoms with Gasteiger partial charge in [0.25, 0.3) is 17.4 Å². The molecule has 1 aliphatic heterocycles. The fraction of sp³-hybridized carbons (Fsp3) is 0.520. The van der Waals surface area contributed by atoms with Crippen molar-refractivity contribution in [3.8, 4) is 0 Å². The van der Waals surface area contributed by atoms with Crippen LogP contribution in [0.15, 0.2) is 23.1 Å². The molecule has 0 aromatic carbocycles. The van der Waals surface area contributed by atoms with Crippen LogP contribution in [0.5, 0.6) is 0 Å². The summed E-state index contributed by atoms with van der Waals surface area (Å²) in [4.78, 5) is 57.4. The smallest absolute Gasteiger partial charge is 0.290 e. The molecule has 2 aromatic rings. The fourth-order valence-corrected chi connectivity index (χ4v) is 4.51. The lowest BCUT2D eigenvalue weighted by Crippen LogP contribution is -2.53. The number of carbonyl (C=O) groups is 3. The Labute approximate surface area is 198 Å². The number of Topliss-reactive ketones (excluding diaryl/α,β-unsaturated/α-hetero) is 1. The quantitative estimate of drug-likeness (QED) is 0.685. The SMILES string of the molecule is CC(C)(C)C(=O)C(=O)N1CCN(C(=O)c2cc(Cc3n[nH]c(=O)c4c3CCCC4)ccn2)CC1. The molecule has 2 amide bonds. The first kappa shape index (κ1) is 23.8. The second-order valence-corrected chi connectivity index (χ2v) is 10.1. The monoisotopic (exact) mass is 465 g/mol. The lowest BCUT2D eigenvalue weighted by molar-refractivity contribution is -0.149. The van der Waals surface area contributed by atoms with Crippen LogP contribution in [0.25, 0.3) is 0 Å².